The summed E-state index contributed by atoms with van der Waals surface area (Å²) in [5.74, 6) is -5.88. The largest absolute Gasteiger partial charge is 0.480 e. The Hall–Kier alpha value is -2.22. The van der Waals surface area contributed by atoms with Crippen LogP contribution in [0.4, 0.5) is 8.78 Å². The second-order valence-corrected chi connectivity index (χ2v) is 4.19. The van der Waals surface area contributed by atoms with Crippen LogP contribution < -0.4 is 11.1 Å². The normalized spacial score (nSPS) is 11.8. The van der Waals surface area contributed by atoms with Gasteiger partial charge in [0.15, 0.2) is 0 Å². The van der Waals surface area contributed by atoms with E-state index in [2.05, 4.69) is 0 Å². The summed E-state index contributed by atoms with van der Waals surface area (Å²) in [7, 11) is 0. The number of hydrogen-bond acceptors (Lipinski definition) is 3. The number of nitrogens with one attached hydrogen (secondary N) is 1. The average molecular weight is 307 g/mol. The number of carbonyl (C=O) groups is 3. The molecule has 0 aromatic heterocycles. The summed E-state index contributed by atoms with van der Waals surface area (Å²) in [5.41, 5.74) is 4.08. The number of primary amides is 1. The minimum atomic E-state index is -1.64. The first kappa shape index (κ1) is 15.8. The van der Waals surface area contributed by atoms with Gasteiger partial charge in [-0.05, 0) is 12.1 Å². The van der Waals surface area contributed by atoms with Crippen molar-refractivity contribution in [3.8, 4) is 0 Å². The number of benzene rings is 1. The van der Waals surface area contributed by atoms with Crippen LogP contribution in [0.25, 0.3) is 0 Å². The van der Waals surface area contributed by atoms with E-state index in [0.29, 0.717) is 12.1 Å². The van der Waals surface area contributed by atoms with Crippen LogP contribution in [0, 0.1) is 11.6 Å². The Labute approximate surface area is 116 Å². The number of rotatable bonds is 5. The fraction of sp³-hybridized carbons (Fsp3) is 0.182. The van der Waals surface area contributed by atoms with Crippen molar-refractivity contribution in [2.75, 3.05) is 0 Å². The van der Waals surface area contributed by atoms with Crippen LogP contribution in [0.1, 0.15) is 16.8 Å². The molecule has 0 fully saturated rings. The van der Waals surface area contributed by atoms with E-state index in [0.717, 1.165) is 0 Å². The second kappa shape index (κ2) is 6.29. The molecule has 2 amide bonds. The highest BCUT2D eigenvalue weighted by molar-refractivity contribution is 6.30. The first-order valence-electron chi connectivity index (χ1n) is 5.19. The summed E-state index contributed by atoms with van der Waals surface area (Å²) >= 11 is 5.31. The summed E-state index contributed by atoms with van der Waals surface area (Å²) in [5, 5.41) is 10.1. The number of carbonyl (C=O) groups excluding carboxylic acids is 2. The van der Waals surface area contributed by atoms with Gasteiger partial charge in [0.25, 0.3) is 5.91 Å². The lowest BCUT2D eigenvalue weighted by atomic mass is 10.1. The quantitative estimate of drug-likeness (QED) is 0.695. The zero-order chi connectivity index (χ0) is 15.4. The van der Waals surface area contributed by atoms with Crippen LogP contribution >= 0.6 is 11.6 Å². The first-order chi connectivity index (χ1) is 9.22. The summed E-state index contributed by atoms with van der Waals surface area (Å²) in [6, 6.07) is -0.538. The number of amides is 2. The van der Waals surface area contributed by atoms with Gasteiger partial charge in [0.1, 0.15) is 17.7 Å². The van der Waals surface area contributed by atoms with E-state index >= 15 is 0 Å². The van der Waals surface area contributed by atoms with Crippen molar-refractivity contribution >= 4 is 29.4 Å². The number of hydrogen-bond donors (Lipinski definition) is 3. The third kappa shape index (κ3) is 3.89. The van der Waals surface area contributed by atoms with Gasteiger partial charge in [0, 0.05) is 0 Å². The molecule has 0 spiro atoms. The van der Waals surface area contributed by atoms with Crippen molar-refractivity contribution in [2.24, 2.45) is 5.73 Å². The molecule has 0 saturated heterocycles. The third-order valence-corrected chi connectivity index (χ3v) is 2.55. The smallest absolute Gasteiger partial charge is 0.326 e. The molecule has 0 unspecified atom stereocenters. The lowest BCUT2D eigenvalue weighted by Gasteiger charge is -2.13. The molecule has 0 aliphatic heterocycles. The molecular weight excluding hydrogens is 298 g/mol. The molecule has 9 heteroatoms. The van der Waals surface area contributed by atoms with Crippen molar-refractivity contribution in [1.29, 1.82) is 0 Å². The summed E-state index contributed by atoms with van der Waals surface area (Å²) in [4.78, 5) is 33.1. The maximum Gasteiger partial charge on any atom is 0.326 e. The summed E-state index contributed by atoms with van der Waals surface area (Å²) < 4.78 is 26.6. The first-order valence-corrected chi connectivity index (χ1v) is 5.56. The van der Waals surface area contributed by atoms with Crippen LogP contribution in [0.15, 0.2) is 12.1 Å². The minimum absolute atomic E-state index is 0.522. The highest BCUT2D eigenvalue weighted by Crippen LogP contribution is 2.19. The molecule has 1 aromatic carbocycles. The lowest BCUT2D eigenvalue weighted by molar-refractivity contribution is -0.140. The standard InChI is InChI=1S/C11H9ClF2N2O4/c12-5-2-6(13)4(1-7(5)14)10(18)16-8(11(19)20)3-9(15)17/h1-2,8H,3H2,(H2,15,17)(H,16,18)(H,19,20)/t8-/m0/s1. The maximum absolute atomic E-state index is 13.4. The lowest BCUT2D eigenvalue weighted by Crippen LogP contribution is -2.43. The van der Waals surface area contributed by atoms with Gasteiger partial charge in [0.2, 0.25) is 5.91 Å². The predicted molar refractivity (Wildman–Crippen MR) is 64.1 cm³/mol. The second-order valence-electron chi connectivity index (χ2n) is 3.78. The number of carboxylic acid groups (broad SMARTS) is 1. The van der Waals surface area contributed by atoms with Gasteiger partial charge in [0.05, 0.1) is 17.0 Å². The molecule has 0 bridgehead atoms. The van der Waals surface area contributed by atoms with Crippen molar-refractivity contribution in [3.63, 3.8) is 0 Å². The third-order valence-electron chi connectivity index (χ3n) is 2.26. The van der Waals surface area contributed by atoms with Crippen LogP contribution in [0.5, 0.6) is 0 Å². The number of aliphatic carboxylic acids is 1. The Morgan fingerprint density at radius 1 is 1.30 bits per heavy atom. The fourth-order valence-corrected chi connectivity index (χ4v) is 1.48. The van der Waals surface area contributed by atoms with Gasteiger partial charge in [-0.2, -0.15) is 0 Å². The Balaban J connectivity index is 2.97. The van der Waals surface area contributed by atoms with E-state index < -0.39 is 52.5 Å². The van der Waals surface area contributed by atoms with Crippen LogP contribution in [0.2, 0.25) is 5.02 Å². The van der Waals surface area contributed by atoms with Crippen molar-refractivity contribution in [3.05, 3.63) is 34.4 Å². The van der Waals surface area contributed by atoms with Gasteiger partial charge in [-0.15, -0.1) is 0 Å². The van der Waals surface area contributed by atoms with Crippen LogP contribution in [-0.4, -0.2) is 28.9 Å². The number of nitrogens with two attached hydrogens (primary N) is 1. The molecule has 20 heavy (non-hydrogen) atoms. The molecule has 6 nitrogen and oxygen atoms in total. The average Bonchev–Trinajstić information content (AvgIpc) is 2.32. The molecule has 1 rings (SSSR count). The summed E-state index contributed by atoms with van der Waals surface area (Å²) in [6.07, 6.45) is -0.682. The predicted octanol–water partition coefficient (Wildman–Crippen LogP) is 0.677. The molecule has 0 heterocycles. The Bertz CT molecular complexity index is 580. The summed E-state index contributed by atoms with van der Waals surface area (Å²) in [6.45, 7) is 0. The minimum Gasteiger partial charge on any atom is -0.480 e. The van der Waals surface area contributed by atoms with E-state index in [4.69, 9.17) is 22.4 Å². The highest BCUT2D eigenvalue weighted by atomic mass is 35.5. The van der Waals surface area contributed by atoms with Gasteiger partial charge in [-0.25, -0.2) is 13.6 Å². The van der Waals surface area contributed by atoms with Crippen LogP contribution in [-0.2, 0) is 9.59 Å². The topological polar surface area (TPSA) is 109 Å². The van der Waals surface area contributed by atoms with E-state index in [-0.39, 0.29) is 0 Å². The molecule has 0 saturated carbocycles. The van der Waals surface area contributed by atoms with Gasteiger partial charge >= 0.3 is 5.97 Å². The van der Waals surface area contributed by atoms with Gasteiger partial charge in [-0.3, -0.25) is 9.59 Å². The van der Waals surface area contributed by atoms with Gasteiger partial charge < -0.3 is 16.2 Å². The Morgan fingerprint density at radius 3 is 2.40 bits per heavy atom. The molecule has 1 atom stereocenters. The van der Waals surface area contributed by atoms with E-state index in [1.807, 2.05) is 5.32 Å². The van der Waals surface area contributed by atoms with Crippen molar-refractivity contribution < 1.29 is 28.3 Å². The SMILES string of the molecule is NC(=O)C[C@H](NC(=O)c1cc(F)c(Cl)cc1F)C(=O)O. The Kier molecular flexibility index (Phi) is 4.98. The molecule has 108 valence electrons. The molecular formula is C11H9ClF2N2O4. The van der Waals surface area contributed by atoms with E-state index in [1.54, 1.807) is 0 Å². The Morgan fingerprint density at radius 2 is 1.90 bits per heavy atom. The zero-order valence-corrected chi connectivity index (χ0v) is 10.6. The molecule has 1 aromatic rings. The van der Waals surface area contributed by atoms with Crippen molar-refractivity contribution in [2.45, 2.75) is 12.5 Å². The molecule has 0 aliphatic carbocycles. The van der Waals surface area contributed by atoms with Gasteiger partial charge in [-0.1, -0.05) is 11.6 Å². The number of halogens is 3. The number of carboxylic acids is 1. The van der Waals surface area contributed by atoms with Crippen LogP contribution in [0.3, 0.4) is 0 Å². The van der Waals surface area contributed by atoms with E-state index in [1.165, 1.54) is 0 Å². The van der Waals surface area contributed by atoms with Crippen molar-refractivity contribution in [1.82, 2.24) is 5.32 Å². The van der Waals surface area contributed by atoms with E-state index in [9.17, 15) is 23.2 Å². The zero-order valence-electron chi connectivity index (χ0n) is 9.82. The molecule has 0 radical (unpaired) electrons. The monoisotopic (exact) mass is 306 g/mol. The highest BCUT2D eigenvalue weighted by Gasteiger charge is 2.24. The molecule has 4 N–H and O–H groups in total. The molecule has 0 aliphatic rings. The maximum atomic E-state index is 13.4. The fourth-order valence-electron chi connectivity index (χ4n) is 1.33.